The SMILES string of the molecule is CCCCc1c(O)c(C(=O)NC)cc(C(=O)N2Cc3ccc(N4CCNCC4=O)cc3C2)c1O. The van der Waals surface area contributed by atoms with E-state index >= 15 is 0 Å². The first-order valence-electron chi connectivity index (χ1n) is 11.6. The summed E-state index contributed by atoms with van der Waals surface area (Å²) in [6, 6.07) is 7.01. The van der Waals surface area contributed by atoms with Crippen molar-refractivity contribution in [2.75, 3.05) is 31.6 Å². The fourth-order valence-electron chi connectivity index (χ4n) is 4.52. The molecule has 2 aromatic carbocycles. The minimum Gasteiger partial charge on any atom is -0.507 e. The van der Waals surface area contributed by atoms with Gasteiger partial charge in [0.25, 0.3) is 11.8 Å². The summed E-state index contributed by atoms with van der Waals surface area (Å²) in [4.78, 5) is 41.4. The second kappa shape index (κ2) is 9.72. The molecular formula is C25H30N4O5. The van der Waals surface area contributed by atoms with E-state index in [1.807, 2.05) is 25.1 Å². The molecule has 0 saturated carbocycles. The Morgan fingerprint density at radius 1 is 1.09 bits per heavy atom. The third kappa shape index (κ3) is 4.31. The van der Waals surface area contributed by atoms with Gasteiger partial charge in [0.1, 0.15) is 11.5 Å². The summed E-state index contributed by atoms with van der Waals surface area (Å²) in [5.74, 6) is -1.52. The lowest BCUT2D eigenvalue weighted by molar-refractivity contribution is -0.118. The normalized spacial score (nSPS) is 15.4. The number of hydrogen-bond donors (Lipinski definition) is 4. The number of hydrogen-bond acceptors (Lipinski definition) is 6. The highest BCUT2D eigenvalue weighted by molar-refractivity contribution is 6.04. The van der Waals surface area contributed by atoms with Crippen LogP contribution >= 0.6 is 0 Å². The average Bonchev–Trinajstić information content (AvgIpc) is 3.27. The summed E-state index contributed by atoms with van der Waals surface area (Å²) in [6.07, 6.45) is 1.86. The van der Waals surface area contributed by atoms with E-state index in [-0.39, 0.29) is 34.1 Å². The number of fused-ring (bicyclic) bond motifs is 1. The molecule has 4 rings (SSSR count). The second-order valence-electron chi connectivity index (χ2n) is 8.67. The van der Waals surface area contributed by atoms with E-state index in [2.05, 4.69) is 10.6 Å². The molecule has 9 nitrogen and oxygen atoms in total. The standard InChI is InChI=1S/C25H30N4O5/c1-3-4-5-18-22(31)19(24(33)26-2)11-20(23(18)32)25(34)28-13-15-6-7-17(10-16(15)14-28)29-9-8-27-12-21(29)30/h6-7,10-11,27,31-32H,3-5,8-9,12-14H2,1-2H3,(H,26,33). The van der Waals surface area contributed by atoms with Gasteiger partial charge in [0.2, 0.25) is 5.91 Å². The van der Waals surface area contributed by atoms with Crippen LogP contribution in [-0.4, -0.2) is 59.5 Å². The third-order valence-corrected chi connectivity index (χ3v) is 6.45. The van der Waals surface area contributed by atoms with Crippen LogP contribution in [0.3, 0.4) is 0 Å². The molecular weight excluding hydrogens is 436 g/mol. The molecule has 2 aliphatic heterocycles. The van der Waals surface area contributed by atoms with Gasteiger partial charge >= 0.3 is 0 Å². The van der Waals surface area contributed by atoms with Crippen LogP contribution in [0.4, 0.5) is 5.69 Å². The molecule has 0 unspecified atom stereocenters. The predicted octanol–water partition coefficient (Wildman–Crippen LogP) is 1.89. The zero-order valence-corrected chi connectivity index (χ0v) is 19.5. The van der Waals surface area contributed by atoms with Crippen molar-refractivity contribution in [2.45, 2.75) is 39.3 Å². The van der Waals surface area contributed by atoms with Crippen molar-refractivity contribution in [1.29, 1.82) is 0 Å². The Bertz CT molecular complexity index is 1150. The van der Waals surface area contributed by atoms with E-state index in [0.29, 0.717) is 39.0 Å². The number of piperazine rings is 1. The Hall–Kier alpha value is -3.59. The van der Waals surface area contributed by atoms with Crippen molar-refractivity contribution < 1.29 is 24.6 Å². The van der Waals surface area contributed by atoms with Gasteiger partial charge in [0, 0.05) is 44.5 Å². The van der Waals surface area contributed by atoms with Crippen LogP contribution in [0.15, 0.2) is 24.3 Å². The summed E-state index contributed by atoms with van der Waals surface area (Å²) < 4.78 is 0. The summed E-state index contributed by atoms with van der Waals surface area (Å²) in [6.45, 7) is 4.26. The van der Waals surface area contributed by atoms with Crippen molar-refractivity contribution in [3.8, 4) is 11.5 Å². The number of anilines is 1. The van der Waals surface area contributed by atoms with Gasteiger partial charge in [-0.15, -0.1) is 0 Å². The van der Waals surface area contributed by atoms with E-state index < -0.39 is 11.8 Å². The van der Waals surface area contributed by atoms with Gasteiger partial charge in [0.15, 0.2) is 0 Å². The molecule has 0 atom stereocenters. The van der Waals surface area contributed by atoms with Crippen molar-refractivity contribution >= 4 is 23.4 Å². The molecule has 3 amide bonds. The van der Waals surface area contributed by atoms with E-state index in [1.54, 1.807) is 9.80 Å². The van der Waals surface area contributed by atoms with Gasteiger partial charge < -0.3 is 30.6 Å². The zero-order valence-electron chi connectivity index (χ0n) is 19.5. The number of phenols is 2. The highest BCUT2D eigenvalue weighted by Crippen LogP contribution is 2.37. The molecule has 0 aliphatic carbocycles. The number of nitrogens with zero attached hydrogens (tertiary/aromatic N) is 2. The van der Waals surface area contributed by atoms with Crippen molar-refractivity contribution in [3.05, 3.63) is 52.1 Å². The lowest BCUT2D eigenvalue weighted by Gasteiger charge is -2.27. The fraction of sp³-hybridized carbons (Fsp3) is 0.400. The highest BCUT2D eigenvalue weighted by atomic mass is 16.3. The minimum absolute atomic E-state index is 0.00665. The van der Waals surface area contributed by atoms with E-state index in [9.17, 15) is 24.6 Å². The number of rotatable bonds is 6. The third-order valence-electron chi connectivity index (χ3n) is 6.45. The molecule has 1 saturated heterocycles. The van der Waals surface area contributed by atoms with E-state index in [1.165, 1.54) is 13.1 Å². The Balaban J connectivity index is 1.63. The van der Waals surface area contributed by atoms with Gasteiger partial charge in [-0.1, -0.05) is 19.4 Å². The molecule has 180 valence electrons. The van der Waals surface area contributed by atoms with Crippen LogP contribution in [0.2, 0.25) is 0 Å². The summed E-state index contributed by atoms with van der Waals surface area (Å²) >= 11 is 0. The molecule has 2 aromatic rings. The van der Waals surface area contributed by atoms with E-state index in [4.69, 9.17) is 0 Å². The first-order chi connectivity index (χ1) is 16.3. The largest absolute Gasteiger partial charge is 0.507 e. The van der Waals surface area contributed by atoms with Crippen LogP contribution < -0.4 is 15.5 Å². The molecule has 9 heteroatoms. The van der Waals surface area contributed by atoms with Crippen LogP contribution in [0.5, 0.6) is 11.5 Å². The minimum atomic E-state index is -0.528. The number of benzene rings is 2. The van der Waals surface area contributed by atoms with Gasteiger partial charge in [-0.2, -0.15) is 0 Å². The molecule has 0 aromatic heterocycles. The summed E-state index contributed by atoms with van der Waals surface area (Å²) in [5, 5.41) is 27.0. The number of aromatic hydroxyl groups is 2. The van der Waals surface area contributed by atoms with Crippen molar-refractivity contribution in [3.63, 3.8) is 0 Å². The molecule has 0 radical (unpaired) electrons. The monoisotopic (exact) mass is 466 g/mol. The van der Waals surface area contributed by atoms with Crippen LogP contribution in [0.1, 0.15) is 57.2 Å². The van der Waals surface area contributed by atoms with E-state index in [0.717, 1.165) is 29.8 Å². The maximum absolute atomic E-state index is 13.5. The number of phenolic OH excluding ortho intramolecular Hbond substituents is 2. The number of nitrogens with one attached hydrogen (secondary N) is 2. The number of unbranched alkanes of at least 4 members (excludes halogenated alkanes) is 1. The van der Waals surface area contributed by atoms with Gasteiger partial charge in [-0.3, -0.25) is 14.4 Å². The lowest BCUT2D eigenvalue weighted by atomic mass is 9.97. The van der Waals surface area contributed by atoms with Crippen LogP contribution in [-0.2, 0) is 24.3 Å². The topological polar surface area (TPSA) is 122 Å². The Kier molecular flexibility index (Phi) is 6.74. The smallest absolute Gasteiger partial charge is 0.258 e. The number of carbonyl (C=O) groups is 3. The maximum Gasteiger partial charge on any atom is 0.258 e. The lowest BCUT2D eigenvalue weighted by Crippen LogP contribution is -2.48. The highest BCUT2D eigenvalue weighted by Gasteiger charge is 2.30. The molecule has 0 bridgehead atoms. The molecule has 1 fully saturated rings. The summed E-state index contributed by atoms with van der Waals surface area (Å²) in [7, 11) is 1.44. The summed E-state index contributed by atoms with van der Waals surface area (Å²) in [5.41, 5.74) is 2.88. The Labute approximate surface area is 198 Å². The molecule has 4 N–H and O–H groups in total. The predicted molar refractivity (Wildman–Crippen MR) is 127 cm³/mol. The van der Waals surface area contributed by atoms with Crippen molar-refractivity contribution in [1.82, 2.24) is 15.5 Å². The number of carbonyl (C=O) groups excluding carboxylic acids is 3. The number of amides is 3. The molecule has 34 heavy (non-hydrogen) atoms. The molecule has 0 spiro atoms. The van der Waals surface area contributed by atoms with Crippen molar-refractivity contribution in [2.24, 2.45) is 0 Å². The molecule has 2 heterocycles. The Morgan fingerprint density at radius 2 is 1.82 bits per heavy atom. The molecule has 2 aliphatic rings. The van der Waals surface area contributed by atoms with Crippen LogP contribution in [0.25, 0.3) is 0 Å². The van der Waals surface area contributed by atoms with Gasteiger partial charge in [0.05, 0.1) is 17.7 Å². The van der Waals surface area contributed by atoms with Gasteiger partial charge in [-0.05, 0) is 42.2 Å². The van der Waals surface area contributed by atoms with Gasteiger partial charge in [-0.25, -0.2) is 0 Å². The fourth-order valence-corrected chi connectivity index (χ4v) is 4.52. The second-order valence-corrected chi connectivity index (χ2v) is 8.67. The van der Waals surface area contributed by atoms with Crippen LogP contribution in [0, 0.1) is 0 Å². The zero-order chi connectivity index (χ0) is 24.4. The maximum atomic E-state index is 13.5. The quantitative estimate of drug-likeness (QED) is 0.516. The Morgan fingerprint density at radius 3 is 2.53 bits per heavy atom. The first-order valence-corrected chi connectivity index (χ1v) is 11.6. The first kappa shape index (κ1) is 23.6. The average molecular weight is 467 g/mol.